The summed E-state index contributed by atoms with van der Waals surface area (Å²) in [4.78, 5) is 37.7. The molecule has 34 heavy (non-hydrogen) atoms. The smallest absolute Gasteiger partial charge is 0.416 e. The minimum Gasteiger partial charge on any atom is -0.471 e. The Labute approximate surface area is 194 Å². The van der Waals surface area contributed by atoms with Crippen LogP contribution in [0.25, 0.3) is 0 Å². The summed E-state index contributed by atoms with van der Waals surface area (Å²) in [6.45, 7) is 0.990. The molecule has 1 aromatic heterocycles. The maximum atomic E-state index is 13.0. The van der Waals surface area contributed by atoms with Gasteiger partial charge in [-0.2, -0.15) is 13.2 Å². The molecule has 2 amide bonds. The lowest BCUT2D eigenvalue weighted by atomic mass is 10.1. The topological polar surface area (TPSA) is 75.6 Å². The molecule has 1 aromatic carbocycles. The highest BCUT2D eigenvalue weighted by atomic mass is 19.4. The number of fused-ring (bicyclic) bond motifs is 1. The van der Waals surface area contributed by atoms with E-state index < -0.39 is 11.7 Å². The Kier molecular flexibility index (Phi) is 5.91. The van der Waals surface area contributed by atoms with Crippen molar-refractivity contribution in [2.24, 2.45) is 0 Å². The predicted molar refractivity (Wildman–Crippen MR) is 115 cm³/mol. The highest BCUT2D eigenvalue weighted by molar-refractivity contribution is 5.82. The molecule has 2 atom stereocenters. The number of carbonyl (C=O) groups excluding carboxylic acids is 2. The van der Waals surface area contributed by atoms with Crippen LogP contribution in [0.5, 0.6) is 5.88 Å². The number of alkyl halides is 3. The average molecular weight is 474 g/mol. The molecule has 0 spiro atoms. The van der Waals surface area contributed by atoms with Gasteiger partial charge in [-0.05, 0) is 24.5 Å². The SMILES string of the molecule is O=C(Cc1cccc(C(F)(F)F)c1)N1CCC(=O)N2C[C@@H](Oc3cnc(C4CC4)cn3)C[C@@H]2C1. The highest BCUT2D eigenvalue weighted by Gasteiger charge is 2.40. The maximum absolute atomic E-state index is 13.0. The van der Waals surface area contributed by atoms with Crippen LogP contribution in [0.2, 0.25) is 0 Å². The monoisotopic (exact) mass is 474 g/mol. The minimum atomic E-state index is -4.46. The molecule has 3 heterocycles. The van der Waals surface area contributed by atoms with E-state index >= 15 is 0 Å². The zero-order valence-corrected chi connectivity index (χ0v) is 18.5. The molecule has 2 aromatic rings. The first-order valence-electron chi connectivity index (χ1n) is 11.5. The molecule has 1 aliphatic carbocycles. The van der Waals surface area contributed by atoms with E-state index in [1.54, 1.807) is 22.2 Å². The standard InChI is InChI=1S/C24H25F3N4O3/c25-24(26,27)17-3-1-2-15(8-17)9-23(33)30-7-6-22(32)31-14-19(10-18(31)13-30)34-21-12-28-20(11-29-21)16-4-5-16/h1-3,8,11-12,16,18-19H,4-7,9-10,13-14H2/t18-,19+/m1/s1. The lowest BCUT2D eigenvalue weighted by Crippen LogP contribution is -2.41. The second-order valence-corrected chi connectivity index (χ2v) is 9.19. The lowest BCUT2D eigenvalue weighted by molar-refractivity contribution is -0.138. The number of hydrogen-bond donors (Lipinski definition) is 0. The molecule has 2 aliphatic heterocycles. The molecule has 5 rings (SSSR count). The van der Waals surface area contributed by atoms with Crippen LogP contribution in [0.15, 0.2) is 36.7 Å². The van der Waals surface area contributed by atoms with Crippen LogP contribution < -0.4 is 4.74 Å². The lowest BCUT2D eigenvalue weighted by Gasteiger charge is -2.25. The van der Waals surface area contributed by atoms with E-state index in [1.807, 2.05) is 0 Å². The van der Waals surface area contributed by atoms with Crippen molar-refractivity contribution in [1.82, 2.24) is 19.8 Å². The Morgan fingerprint density at radius 3 is 2.68 bits per heavy atom. The van der Waals surface area contributed by atoms with Crippen LogP contribution in [0.1, 0.15) is 48.4 Å². The normalized spacial score (nSPS) is 23.0. The largest absolute Gasteiger partial charge is 0.471 e. The van der Waals surface area contributed by atoms with E-state index in [9.17, 15) is 22.8 Å². The number of halogens is 3. The fourth-order valence-electron chi connectivity index (χ4n) is 4.68. The number of hydrogen-bond acceptors (Lipinski definition) is 5. The second kappa shape index (κ2) is 8.88. The van der Waals surface area contributed by atoms with Crippen molar-refractivity contribution in [3.05, 3.63) is 53.5 Å². The van der Waals surface area contributed by atoms with Crippen molar-refractivity contribution in [3.8, 4) is 5.88 Å². The van der Waals surface area contributed by atoms with E-state index in [1.165, 1.54) is 12.1 Å². The Balaban J connectivity index is 1.21. The van der Waals surface area contributed by atoms with E-state index in [2.05, 4.69) is 9.97 Å². The van der Waals surface area contributed by atoms with Crippen molar-refractivity contribution in [2.75, 3.05) is 19.6 Å². The summed E-state index contributed by atoms with van der Waals surface area (Å²) in [5.74, 6) is 0.570. The van der Waals surface area contributed by atoms with Gasteiger partial charge in [-0.1, -0.05) is 18.2 Å². The Morgan fingerprint density at radius 2 is 1.97 bits per heavy atom. The summed E-state index contributed by atoms with van der Waals surface area (Å²) in [5.41, 5.74) is 0.491. The third kappa shape index (κ3) is 5.00. The molecule has 3 aliphatic rings. The molecule has 1 saturated carbocycles. The fourth-order valence-corrected chi connectivity index (χ4v) is 4.68. The fraction of sp³-hybridized carbons (Fsp3) is 0.500. The number of ether oxygens (including phenoxy) is 1. The molecular formula is C24H25F3N4O3. The summed E-state index contributed by atoms with van der Waals surface area (Å²) >= 11 is 0. The Morgan fingerprint density at radius 1 is 1.15 bits per heavy atom. The molecule has 10 heteroatoms. The third-order valence-corrected chi connectivity index (χ3v) is 6.62. The quantitative estimate of drug-likeness (QED) is 0.666. The van der Waals surface area contributed by atoms with Gasteiger partial charge in [-0.25, -0.2) is 4.98 Å². The number of aromatic nitrogens is 2. The van der Waals surface area contributed by atoms with Crippen LogP contribution in [0.3, 0.4) is 0 Å². The molecule has 0 unspecified atom stereocenters. The summed E-state index contributed by atoms with van der Waals surface area (Å²) in [6.07, 6.45) is 1.48. The number of nitrogens with zero attached hydrogens (tertiary/aromatic N) is 4. The minimum absolute atomic E-state index is 0.0550. The van der Waals surface area contributed by atoms with Gasteiger partial charge in [0.2, 0.25) is 17.7 Å². The van der Waals surface area contributed by atoms with Crippen LogP contribution in [-0.2, 0) is 22.2 Å². The first-order chi connectivity index (χ1) is 16.3. The summed E-state index contributed by atoms with van der Waals surface area (Å²) in [5, 5.41) is 0. The Hall–Kier alpha value is -3.17. The zero-order chi connectivity index (χ0) is 23.9. The van der Waals surface area contributed by atoms with Gasteiger partial charge >= 0.3 is 6.18 Å². The van der Waals surface area contributed by atoms with Gasteiger partial charge in [0.05, 0.1) is 42.7 Å². The molecule has 2 saturated heterocycles. The first-order valence-corrected chi connectivity index (χ1v) is 11.5. The van der Waals surface area contributed by atoms with Crippen molar-refractivity contribution < 1.29 is 27.5 Å². The first kappa shape index (κ1) is 22.6. The second-order valence-electron chi connectivity index (χ2n) is 9.19. The van der Waals surface area contributed by atoms with Gasteiger partial charge in [0, 0.05) is 31.8 Å². The van der Waals surface area contributed by atoms with E-state index in [-0.39, 0.29) is 43.3 Å². The Bertz CT molecular complexity index is 1070. The zero-order valence-electron chi connectivity index (χ0n) is 18.5. The van der Waals surface area contributed by atoms with Crippen molar-refractivity contribution >= 4 is 11.8 Å². The van der Waals surface area contributed by atoms with E-state index in [4.69, 9.17) is 4.74 Å². The van der Waals surface area contributed by atoms with Crippen LogP contribution in [-0.4, -0.2) is 63.4 Å². The molecule has 0 radical (unpaired) electrons. The van der Waals surface area contributed by atoms with Gasteiger partial charge < -0.3 is 14.5 Å². The van der Waals surface area contributed by atoms with Crippen molar-refractivity contribution in [2.45, 2.75) is 56.3 Å². The van der Waals surface area contributed by atoms with Crippen LogP contribution >= 0.6 is 0 Å². The van der Waals surface area contributed by atoms with Crippen molar-refractivity contribution in [1.29, 1.82) is 0 Å². The van der Waals surface area contributed by atoms with Crippen LogP contribution in [0, 0.1) is 0 Å². The molecule has 0 N–H and O–H groups in total. The number of rotatable bonds is 5. The van der Waals surface area contributed by atoms with Gasteiger partial charge in [0.25, 0.3) is 0 Å². The van der Waals surface area contributed by atoms with Gasteiger partial charge in [0.15, 0.2) is 0 Å². The molecule has 0 bridgehead atoms. The van der Waals surface area contributed by atoms with Gasteiger partial charge in [-0.3, -0.25) is 14.6 Å². The van der Waals surface area contributed by atoms with E-state index in [0.717, 1.165) is 30.7 Å². The average Bonchev–Trinajstić information content (AvgIpc) is 3.59. The highest BCUT2D eigenvalue weighted by Crippen LogP contribution is 2.38. The summed E-state index contributed by atoms with van der Waals surface area (Å²) in [7, 11) is 0. The number of benzene rings is 1. The molecule has 3 fully saturated rings. The number of amides is 2. The maximum Gasteiger partial charge on any atom is 0.416 e. The van der Waals surface area contributed by atoms with Gasteiger partial charge in [-0.15, -0.1) is 0 Å². The van der Waals surface area contributed by atoms with Crippen LogP contribution in [0.4, 0.5) is 13.2 Å². The molecule has 180 valence electrons. The summed E-state index contributed by atoms with van der Waals surface area (Å²) in [6, 6.07) is 4.60. The van der Waals surface area contributed by atoms with E-state index in [0.29, 0.717) is 36.9 Å². The third-order valence-electron chi connectivity index (χ3n) is 6.62. The number of carbonyl (C=O) groups is 2. The van der Waals surface area contributed by atoms with Crippen molar-refractivity contribution in [3.63, 3.8) is 0 Å². The molecule has 7 nitrogen and oxygen atoms in total. The predicted octanol–water partition coefficient (Wildman–Crippen LogP) is 3.20. The summed E-state index contributed by atoms with van der Waals surface area (Å²) < 4.78 is 45.0. The van der Waals surface area contributed by atoms with Gasteiger partial charge in [0.1, 0.15) is 6.10 Å². The molecular weight excluding hydrogens is 449 g/mol.